The number of nitrogens with one attached hydrogen (secondary N) is 2. The molecule has 0 radical (unpaired) electrons. The van der Waals surface area contributed by atoms with Crippen molar-refractivity contribution in [2.45, 2.75) is 32.9 Å². The molecule has 0 aliphatic carbocycles. The Bertz CT molecular complexity index is 674. The van der Waals surface area contributed by atoms with Crippen LogP contribution in [0, 0.1) is 5.82 Å². The fourth-order valence-electron chi connectivity index (χ4n) is 2.03. The van der Waals surface area contributed by atoms with E-state index in [1.807, 2.05) is 12.3 Å². The highest BCUT2D eigenvalue weighted by Crippen LogP contribution is 2.16. The van der Waals surface area contributed by atoms with Crippen LogP contribution in [0.25, 0.3) is 0 Å². The first-order valence-electron chi connectivity index (χ1n) is 7.91. The number of halogens is 1. The molecular weight excluding hydrogens is 327 g/mol. The first-order valence-corrected chi connectivity index (χ1v) is 8.79. The van der Waals surface area contributed by atoms with Crippen LogP contribution in [0.15, 0.2) is 34.6 Å². The Morgan fingerprint density at radius 2 is 2.17 bits per heavy atom. The third-order valence-corrected chi connectivity index (χ3v) is 4.33. The van der Waals surface area contributed by atoms with Crippen LogP contribution < -0.4 is 15.4 Å². The van der Waals surface area contributed by atoms with Gasteiger partial charge in [0.2, 0.25) is 0 Å². The summed E-state index contributed by atoms with van der Waals surface area (Å²) in [5, 5.41) is 9.55. The van der Waals surface area contributed by atoms with Crippen LogP contribution in [0.1, 0.15) is 24.5 Å². The molecule has 0 saturated carbocycles. The Balaban J connectivity index is 1.77. The molecule has 1 atom stereocenters. The number of aromatic nitrogens is 1. The Hall–Kier alpha value is -2.15. The Labute approximate surface area is 146 Å². The van der Waals surface area contributed by atoms with Crippen molar-refractivity contribution in [2.75, 3.05) is 13.6 Å². The lowest BCUT2D eigenvalue weighted by Gasteiger charge is -2.17. The lowest BCUT2D eigenvalue weighted by atomic mass is 10.3. The van der Waals surface area contributed by atoms with E-state index in [1.165, 1.54) is 6.07 Å². The first-order chi connectivity index (χ1) is 11.6. The molecule has 130 valence electrons. The zero-order valence-electron chi connectivity index (χ0n) is 14.2. The normalized spacial score (nSPS) is 12.8. The van der Waals surface area contributed by atoms with Crippen LogP contribution >= 0.6 is 11.3 Å². The molecule has 0 amide bonds. The summed E-state index contributed by atoms with van der Waals surface area (Å²) >= 11 is 1.66. The Morgan fingerprint density at radius 3 is 2.83 bits per heavy atom. The highest BCUT2D eigenvalue weighted by Gasteiger charge is 2.09. The maximum absolute atomic E-state index is 13.6. The molecule has 5 nitrogen and oxygen atoms in total. The SMILES string of the molecule is CCc1nc(CNC(=NC)NCC(C)Oc2ccccc2F)cs1. The van der Waals surface area contributed by atoms with Gasteiger partial charge in [-0.3, -0.25) is 4.99 Å². The van der Waals surface area contributed by atoms with Crippen molar-refractivity contribution < 1.29 is 9.13 Å². The lowest BCUT2D eigenvalue weighted by molar-refractivity contribution is 0.214. The number of para-hydroxylation sites is 1. The summed E-state index contributed by atoms with van der Waals surface area (Å²) in [6, 6.07) is 6.39. The van der Waals surface area contributed by atoms with Gasteiger partial charge in [0.05, 0.1) is 23.8 Å². The number of benzene rings is 1. The number of guanidine groups is 1. The third kappa shape index (κ3) is 5.49. The summed E-state index contributed by atoms with van der Waals surface area (Å²) < 4.78 is 19.2. The fourth-order valence-corrected chi connectivity index (χ4v) is 2.77. The number of hydrogen-bond donors (Lipinski definition) is 2. The van der Waals surface area contributed by atoms with Gasteiger partial charge in [0.25, 0.3) is 0 Å². The molecule has 0 spiro atoms. The van der Waals surface area contributed by atoms with Crippen molar-refractivity contribution >= 4 is 17.3 Å². The standard InChI is InChI=1S/C17H23FN4OS/c1-4-16-22-13(11-24-16)10-21-17(19-3)20-9-12(2)23-15-8-6-5-7-14(15)18/h5-8,11-12H,4,9-10H2,1-3H3,(H2,19,20,21). The number of aryl methyl sites for hydroxylation is 1. The molecule has 0 aliphatic rings. The summed E-state index contributed by atoms with van der Waals surface area (Å²) in [4.78, 5) is 8.67. The second-order valence-electron chi connectivity index (χ2n) is 5.25. The summed E-state index contributed by atoms with van der Waals surface area (Å²) in [7, 11) is 1.70. The van der Waals surface area contributed by atoms with E-state index in [-0.39, 0.29) is 17.7 Å². The van der Waals surface area contributed by atoms with Gasteiger partial charge >= 0.3 is 0 Å². The molecule has 0 saturated heterocycles. The van der Waals surface area contributed by atoms with Crippen LogP contribution in [-0.4, -0.2) is 30.6 Å². The largest absolute Gasteiger partial charge is 0.486 e. The molecule has 2 aromatic rings. The number of aliphatic imine (C=N–C) groups is 1. The van der Waals surface area contributed by atoms with Crippen molar-refractivity contribution in [1.82, 2.24) is 15.6 Å². The van der Waals surface area contributed by atoms with E-state index in [1.54, 1.807) is 36.6 Å². The maximum atomic E-state index is 13.6. The minimum Gasteiger partial charge on any atom is -0.486 e. The smallest absolute Gasteiger partial charge is 0.191 e. The van der Waals surface area contributed by atoms with Crippen LogP contribution in [0.4, 0.5) is 4.39 Å². The maximum Gasteiger partial charge on any atom is 0.191 e. The van der Waals surface area contributed by atoms with E-state index in [4.69, 9.17) is 4.74 Å². The van der Waals surface area contributed by atoms with Crippen LogP contribution in [0.2, 0.25) is 0 Å². The van der Waals surface area contributed by atoms with Gasteiger partial charge in [0, 0.05) is 12.4 Å². The first kappa shape index (κ1) is 18.2. The minimum absolute atomic E-state index is 0.202. The number of nitrogens with zero attached hydrogens (tertiary/aromatic N) is 2. The number of hydrogen-bond acceptors (Lipinski definition) is 4. The van der Waals surface area contributed by atoms with E-state index in [9.17, 15) is 4.39 Å². The molecule has 0 fully saturated rings. The van der Waals surface area contributed by atoms with Crippen molar-refractivity contribution in [1.29, 1.82) is 0 Å². The Kier molecular flexibility index (Phi) is 6.99. The predicted molar refractivity (Wildman–Crippen MR) is 96.2 cm³/mol. The zero-order chi connectivity index (χ0) is 17.4. The van der Waals surface area contributed by atoms with Crippen molar-refractivity contribution in [3.63, 3.8) is 0 Å². The number of rotatable bonds is 7. The molecule has 0 bridgehead atoms. The van der Waals surface area contributed by atoms with Gasteiger partial charge in [-0.2, -0.15) is 0 Å². The Morgan fingerprint density at radius 1 is 1.38 bits per heavy atom. The molecule has 24 heavy (non-hydrogen) atoms. The second-order valence-corrected chi connectivity index (χ2v) is 6.19. The van der Waals surface area contributed by atoms with E-state index < -0.39 is 0 Å². The zero-order valence-corrected chi connectivity index (χ0v) is 15.0. The molecule has 0 aliphatic heterocycles. The van der Waals surface area contributed by atoms with Crippen LogP contribution in [0.3, 0.4) is 0 Å². The van der Waals surface area contributed by atoms with Gasteiger partial charge < -0.3 is 15.4 Å². The van der Waals surface area contributed by atoms with Gasteiger partial charge in [0.1, 0.15) is 6.10 Å². The highest BCUT2D eigenvalue weighted by molar-refractivity contribution is 7.09. The quantitative estimate of drug-likeness (QED) is 0.595. The average molecular weight is 350 g/mol. The molecule has 1 aromatic heterocycles. The molecular formula is C17H23FN4OS. The predicted octanol–water partition coefficient (Wildman–Crippen LogP) is 2.98. The lowest BCUT2D eigenvalue weighted by Crippen LogP contribution is -2.41. The molecule has 2 N–H and O–H groups in total. The molecule has 7 heteroatoms. The monoisotopic (exact) mass is 350 g/mol. The van der Waals surface area contributed by atoms with Crippen LogP contribution in [0.5, 0.6) is 5.75 Å². The van der Waals surface area contributed by atoms with E-state index in [2.05, 4.69) is 27.5 Å². The van der Waals surface area contributed by atoms with E-state index >= 15 is 0 Å². The highest BCUT2D eigenvalue weighted by atomic mass is 32.1. The van der Waals surface area contributed by atoms with Gasteiger partial charge in [-0.15, -0.1) is 11.3 Å². The van der Waals surface area contributed by atoms with Gasteiger partial charge in [-0.1, -0.05) is 19.1 Å². The second kappa shape index (κ2) is 9.22. The average Bonchev–Trinajstić information content (AvgIpc) is 3.05. The van der Waals surface area contributed by atoms with Crippen molar-refractivity contribution in [2.24, 2.45) is 4.99 Å². The van der Waals surface area contributed by atoms with E-state index in [0.29, 0.717) is 19.0 Å². The third-order valence-electron chi connectivity index (χ3n) is 3.28. The summed E-state index contributed by atoms with van der Waals surface area (Å²) in [5.41, 5.74) is 0.996. The summed E-state index contributed by atoms with van der Waals surface area (Å²) in [6.07, 6.45) is 0.745. The molecule has 1 unspecified atom stereocenters. The molecule has 1 heterocycles. The number of ether oxygens (including phenoxy) is 1. The molecule has 1 aromatic carbocycles. The van der Waals surface area contributed by atoms with Gasteiger partial charge in [0.15, 0.2) is 17.5 Å². The van der Waals surface area contributed by atoms with Gasteiger partial charge in [-0.25, -0.2) is 9.37 Å². The minimum atomic E-state index is -0.359. The summed E-state index contributed by atoms with van der Waals surface area (Å²) in [5.74, 6) is 0.552. The van der Waals surface area contributed by atoms with E-state index in [0.717, 1.165) is 17.1 Å². The molecule has 2 rings (SSSR count). The van der Waals surface area contributed by atoms with Crippen LogP contribution in [-0.2, 0) is 13.0 Å². The van der Waals surface area contributed by atoms with Crippen molar-refractivity contribution in [3.05, 3.63) is 46.2 Å². The number of thiazole rings is 1. The van der Waals surface area contributed by atoms with Crippen molar-refractivity contribution in [3.8, 4) is 5.75 Å². The fraction of sp³-hybridized carbons (Fsp3) is 0.412. The topological polar surface area (TPSA) is 58.5 Å². The summed E-state index contributed by atoms with van der Waals surface area (Å²) in [6.45, 7) is 5.08. The van der Waals surface area contributed by atoms with Gasteiger partial charge in [-0.05, 0) is 25.5 Å².